The van der Waals surface area contributed by atoms with Gasteiger partial charge in [-0.1, -0.05) is 23.2 Å². The van der Waals surface area contributed by atoms with Crippen LogP contribution in [0.4, 0.5) is 5.69 Å². The fraction of sp³-hybridized carbons (Fsp3) is 0. The predicted octanol–water partition coefficient (Wildman–Crippen LogP) is 3.98. The third-order valence-electron chi connectivity index (χ3n) is 2.58. The van der Waals surface area contributed by atoms with E-state index in [1.807, 2.05) is 0 Å². The van der Waals surface area contributed by atoms with Gasteiger partial charge in [-0.15, -0.1) is 0 Å². The molecule has 3 N–H and O–H groups in total. The van der Waals surface area contributed by atoms with Gasteiger partial charge in [0, 0.05) is 17.2 Å². The van der Waals surface area contributed by atoms with Crippen LogP contribution in [0.5, 0.6) is 11.5 Å². The Hall–Kier alpha value is -2.31. The van der Waals surface area contributed by atoms with Crippen LogP contribution in [-0.2, 0) is 0 Å². The second-order valence-corrected chi connectivity index (χ2v) is 4.87. The number of nitrogens with two attached hydrogens (primary N) is 1. The summed E-state index contributed by atoms with van der Waals surface area (Å²) in [5.74, 6) is 0.278. The van der Waals surface area contributed by atoms with Crippen molar-refractivity contribution < 1.29 is 9.66 Å². The first-order chi connectivity index (χ1) is 9.88. The number of nitro benzene ring substituents is 1. The monoisotopic (exact) mass is 325 g/mol. The van der Waals surface area contributed by atoms with E-state index in [0.29, 0.717) is 10.6 Å². The average molecular weight is 326 g/mol. The van der Waals surface area contributed by atoms with Crippen molar-refractivity contribution in [2.45, 2.75) is 0 Å². The summed E-state index contributed by atoms with van der Waals surface area (Å²) in [4.78, 5) is 10.1. The molecule has 2 aromatic rings. The number of hydrogen-bond acceptors (Lipinski definition) is 4. The number of nitrogen functional groups attached to an aromatic ring is 1. The van der Waals surface area contributed by atoms with Crippen LogP contribution in [0.1, 0.15) is 5.56 Å². The highest BCUT2D eigenvalue weighted by Crippen LogP contribution is 2.34. The number of nitrogens with one attached hydrogen (secondary N) is 1. The summed E-state index contributed by atoms with van der Waals surface area (Å²) in [6.07, 6.45) is 0. The zero-order chi connectivity index (χ0) is 15.6. The van der Waals surface area contributed by atoms with E-state index in [1.54, 1.807) is 6.07 Å². The van der Waals surface area contributed by atoms with Crippen molar-refractivity contribution in [3.8, 4) is 11.5 Å². The van der Waals surface area contributed by atoms with Gasteiger partial charge in [-0.05, 0) is 24.3 Å². The van der Waals surface area contributed by atoms with E-state index in [-0.39, 0.29) is 28.0 Å². The first-order valence-corrected chi connectivity index (χ1v) is 6.40. The lowest BCUT2D eigenvalue weighted by Crippen LogP contribution is -2.12. The molecule has 0 radical (unpaired) electrons. The maximum absolute atomic E-state index is 10.7. The minimum Gasteiger partial charge on any atom is -0.455 e. The fourth-order valence-corrected chi connectivity index (χ4v) is 1.99. The minimum atomic E-state index is -0.557. The molecule has 0 aliphatic heterocycles. The Kier molecular flexibility index (Phi) is 4.30. The highest BCUT2D eigenvalue weighted by atomic mass is 35.5. The Morgan fingerprint density at radius 3 is 2.43 bits per heavy atom. The van der Waals surface area contributed by atoms with Crippen LogP contribution in [0.25, 0.3) is 0 Å². The topological polar surface area (TPSA) is 102 Å². The van der Waals surface area contributed by atoms with E-state index < -0.39 is 4.92 Å². The van der Waals surface area contributed by atoms with E-state index in [9.17, 15) is 10.1 Å². The molecule has 8 heteroatoms. The van der Waals surface area contributed by atoms with E-state index in [0.717, 1.165) is 0 Å². The smallest absolute Gasteiger partial charge is 0.271 e. The molecule has 0 unspecified atom stereocenters. The molecule has 0 aromatic heterocycles. The van der Waals surface area contributed by atoms with Crippen molar-refractivity contribution >= 4 is 34.7 Å². The van der Waals surface area contributed by atoms with Crippen molar-refractivity contribution in [2.24, 2.45) is 5.73 Å². The largest absolute Gasteiger partial charge is 0.455 e. The summed E-state index contributed by atoms with van der Waals surface area (Å²) in [6.45, 7) is 0. The van der Waals surface area contributed by atoms with Gasteiger partial charge in [0.05, 0.1) is 15.5 Å². The lowest BCUT2D eigenvalue weighted by molar-refractivity contribution is -0.384. The van der Waals surface area contributed by atoms with Gasteiger partial charge in [-0.2, -0.15) is 0 Å². The maximum atomic E-state index is 10.7. The molecule has 0 fully saturated rings. The molecule has 2 rings (SSSR count). The van der Waals surface area contributed by atoms with Crippen LogP contribution in [0.15, 0.2) is 36.4 Å². The Labute approximate surface area is 129 Å². The third-order valence-corrected chi connectivity index (χ3v) is 3.11. The highest BCUT2D eigenvalue weighted by Gasteiger charge is 2.14. The molecular formula is C13H9Cl2N3O3. The standard InChI is InChI=1S/C13H9Cl2N3O3/c14-7-1-3-11(9(5-7)13(16)17)21-12-4-2-8(18(19)20)6-10(12)15/h1-6H,(H3,16,17). The average Bonchev–Trinajstić information content (AvgIpc) is 2.42. The molecule has 0 amide bonds. The van der Waals surface area contributed by atoms with E-state index in [1.165, 1.54) is 30.3 Å². The van der Waals surface area contributed by atoms with Crippen LogP contribution in [-0.4, -0.2) is 10.8 Å². The van der Waals surface area contributed by atoms with Crippen molar-refractivity contribution in [2.75, 3.05) is 0 Å². The second kappa shape index (κ2) is 5.99. The van der Waals surface area contributed by atoms with Crippen LogP contribution < -0.4 is 10.5 Å². The van der Waals surface area contributed by atoms with Crippen LogP contribution in [0.3, 0.4) is 0 Å². The highest BCUT2D eigenvalue weighted by molar-refractivity contribution is 6.32. The fourth-order valence-electron chi connectivity index (χ4n) is 1.61. The molecule has 0 saturated carbocycles. The number of benzene rings is 2. The quantitative estimate of drug-likeness (QED) is 0.384. The normalized spacial score (nSPS) is 10.2. The molecule has 0 atom stereocenters. The number of nitro groups is 1. The van der Waals surface area contributed by atoms with Crippen LogP contribution >= 0.6 is 23.2 Å². The van der Waals surface area contributed by atoms with E-state index in [2.05, 4.69) is 0 Å². The molecule has 0 heterocycles. The van der Waals surface area contributed by atoms with E-state index >= 15 is 0 Å². The number of nitrogens with zero attached hydrogens (tertiary/aromatic N) is 1. The third kappa shape index (κ3) is 3.42. The van der Waals surface area contributed by atoms with Crippen molar-refractivity contribution in [1.82, 2.24) is 0 Å². The summed E-state index contributed by atoms with van der Waals surface area (Å²) in [7, 11) is 0. The number of hydrogen-bond donors (Lipinski definition) is 2. The zero-order valence-electron chi connectivity index (χ0n) is 10.5. The lowest BCUT2D eigenvalue weighted by Gasteiger charge is -2.11. The van der Waals surface area contributed by atoms with Gasteiger partial charge in [0.25, 0.3) is 5.69 Å². The summed E-state index contributed by atoms with van der Waals surface area (Å²) in [5.41, 5.74) is 5.62. The van der Waals surface area contributed by atoms with Crippen LogP contribution in [0, 0.1) is 15.5 Å². The number of rotatable bonds is 4. The molecule has 0 spiro atoms. The Morgan fingerprint density at radius 2 is 1.86 bits per heavy atom. The molecule has 108 valence electrons. The molecule has 0 aliphatic carbocycles. The Morgan fingerprint density at radius 1 is 1.19 bits per heavy atom. The molecular weight excluding hydrogens is 317 g/mol. The van der Waals surface area contributed by atoms with Crippen molar-refractivity contribution in [3.63, 3.8) is 0 Å². The van der Waals surface area contributed by atoms with Crippen molar-refractivity contribution in [1.29, 1.82) is 5.41 Å². The molecule has 0 saturated heterocycles. The van der Waals surface area contributed by atoms with Gasteiger partial charge in [-0.25, -0.2) is 0 Å². The summed E-state index contributed by atoms with van der Waals surface area (Å²) < 4.78 is 5.56. The SMILES string of the molecule is N=C(N)c1cc(Cl)ccc1Oc1ccc([N+](=O)[O-])cc1Cl. The van der Waals surface area contributed by atoms with Gasteiger partial charge in [0.15, 0.2) is 0 Å². The minimum absolute atomic E-state index is 0.0775. The lowest BCUT2D eigenvalue weighted by atomic mass is 10.2. The number of non-ortho nitro benzene ring substituents is 1. The second-order valence-electron chi connectivity index (χ2n) is 4.03. The van der Waals surface area contributed by atoms with Gasteiger partial charge >= 0.3 is 0 Å². The summed E-state index contributed by atoms with van der Waals surface area (Å²) in [5, 5.41) is 18.6. The van der Waals surface area contributed by atoms with Gasteiger partial charge in [-0.3, -0.25) is 15.5 Å². The summed E-state index contributed by atoms with van der Waals surface area (Å²) in [6, 6.07) is 8.42. The zero-order valence-corrected chi connectivity index (χ0v) is 12.0. The van der Waals surface area contributed by atoms with Gasteiger partial charge < -0.3 is 10.5 Å². The van der Waals surface area contributed by atoms with Crippen molar-refractivity contribution in [3.05, 3.63) is 62.1 Å². The number of ether oxygens (including phenoxy) is 1. The number of halogens is 2. The van der Waals surface area contributed by atoms with Gasteiger partial charge in [0.1, 0.15) is 17.3 Å². The Bertz CT molecular complexity index is 735. The number of amidine groups is 1. The molecule has 0 bridgehead atoms. The molecule has 6 nitrogen and oxygen atoms in total. The first kappa shape index (κ1) is 15.1. The summed E-state index contributed by atoms with van der Waals surface area (Å²) >= 11 is 11.8. The Balaban J connectivity index is 2.39. The molecule has 2 aromatic carbocycles. The van der Waals surface area contributed by atoms with E-state index in [4.69, 9.17) is 39.1 Å². The van der Waals surface area contributed by atoms with Gasteiger partial charge in [0.2, 0.25) is 0 Å². The van der Waals surface area contributed by atoms with Crippen LogP contribution in [0.2, 0.25) is 10.0 Å². The first-order valence-electron chi connectivity index (χ1n) is 5.64. The molecule has 21 heavy (non-hydrogen) atoms. The molecule has 0 aliphatic rings. The predicted molar refractivity (Wildman–Crippen MR) is 80.6 cm³/mol. The maximum Gasteiger partial charge on any atom is 0.271 e.